The number of pyridine rings is 1. The summed E-state index contributed by atoms with van der Waals surface area (Å²) < 4.78 is 1.49. The molecular formula is C14H19N3O3. The maximum absolute atomic E-state index is 12.5. The molecule has 2 amide bonds. The van der Waals surface area contributed by atoms with Gasteiger partial charge in [-0.15, -0.1) is 0 Å². The lowest BCUT2D eigenvalue weighted by molar-refractivity contribution is -0.119. The first kappa shape index (κ1) is 14.3. The molecule has 1 aliphatic heterocycles. The molecule has 6 nitrogen and oxygen atoms in total. The van der Waals surface area contributed by atoms with Crippen LogP contribution in [0.5, 0.6) is 0 Å². The van der Waals surface area contributed by atoms with E-state index in [0.717, 1.165) is 12.1 Å². The van der Waals surface area contributed by atoms with Crippen LogP contribution in [0.15, 0.2) is 10.9 Å². The second kappa shape index (κ2) is 5.48. The smallest absolute Gasteiger partial charge is 0.263 e. The Morgan fingerprint density at radius 2 is 1.80 bits per heavy atom. The maximum Gasteiger partial charge on any atom is 0.263 e. The fourth-order valence-electron chi connectivity index (χ4n) is 2.43. The van der Waals surface area contributed by atoms with E-state index in [1.807, 2.05) is 13.0 Å². The summed E-state index contributed by atoms with van der Waals surface area (Å²) in [5.41, 5.74) is 1.51. The zero-order valence-electron chi connectivity index (χ0n) is 12.0. The number of nitrogens with zero attached hydrogens (tertiary/aromatic N) is 3. The Bertz CT molecular complexity index is 598. The minimum atomic E-state index is -0.259. The third-order valence-electron chi connectivity index (χ3n) is 3.83. The number of hydrogen-bond donors (Lipinski definition) is 0. The largest absolute Gasteiger partial charge is 0.342 e. The number of piperazine rings is 1. The minimum absolute atomic E-state index is 0.234. The molecule has 1 aromatic rings. The molecule has 1 aromatic heterocycles. The van der Waals surface area contributed by atoms with Gasteiger partial charge in [0.25, 0.3) is 11.5 Å². The van der Waals surface area contributed by atoms with Crippen molar-refractivity contribution in [1.82, 2.24) is 14.4 Å². The number of rotatable bonds is 2. The summed E-state index contributed by atoms with van der Waals surface area (Å²) in [7, 11) is 1.66. The van der Waals surface area contributed by atoms with Gasteiger partial charge >= 0.3 is 0 Å². The summed E-state index contributed by atoms with van der Waals surface area (Å²) in [6.07, 6.45) is 0.790. The average molecular weight is 277 g/mol. The first-order valence-corrected chi connectivity index (χ1v) is 6.61. The highest BCUT2D eigenvalue weighted by molar-refractivity contribution is 5.95. The van der Waals surface area contributed by atoms with Crippen LogP contribution in [-0.4, -0.2) is 52.9 Å². The van der Waals surface area contributed by atoms with E-state index in [4.69, 9.17) is 0 Å². The molecule has 1 aliphatic rings. The normalized spacial score (nSPS) is 15.3. The number of amides is 2. The molecule has 0 aromatic carbocycles. The molecular weight excluding hydrogens is 258 g/mol. The van der Waals surface area contributed by atoms with Crippen LogP contribution in [0.4, 0.5) is 0 Å². The lowest BCUT2D eigenvalue weighted by Crippen LogP contribution is -2.49. The van der Waals surface area contributed by atoms with Crippen LogP contribution in [0.2, 0.25) is 0 Å². The van der Waals surface area contributed by atoms with E-state index in [2.05, 4.69) is 0 Å². The van der Waals surface area contributed by atoms with Gasteiger partial charge in [-0.3, -0.25) is 14.4 Å². The summed E-state index contributed by atoms with van der Waals surface area (Å²) in [6.45, 7) is 5.58. The van der Waals surface area contributed by atoms with Crippen LogP contribution in [0.25, 0.3) is 0 Å². The summed E-state index contributed by atoms with van der Waals surface area (Å²) >= 11 is 0. The van der Waals surface area contributed by atoms with E-state index in [1.165, 1.54) is 4.57 Å². The highest BCUT2D eigenvalue weighted by Gasteiger charge is 2.25. The molecule has 20 heavy (non-hydrogen) atoms. The fraction of sp³-hybridized carbons (Fsp3) is 0.500. The first-order chi connectivity index (χ1) is 9.45. The Morgan fingerprint density at radius 1 is 1.20 bits per heavy atom. The Hall–Kier alpha value is -2.11. The van der Waals surface area contributed by atoms with E-state index in [0.29, 0.717) is 31.7 Å². The van der Waals surface area contributed by atoms with Gasteiger partial charge in [0, 0.05) is 38.9 Å². The van der Waals surface area contributed by atoms with Gasteiger partial charge in [-0.1, -0.05) is 0 Å². The van der Waals surface area contributed by atoms with Gasteiger partial charge in [0.1, 0.15) is 5.56 Å². The van der Waals surface area contributed by atoms with E-state index in [1.54, 1.807) is 23.8 Å². The van der Waals surface area contributed by atoms with Crippen molar-refractivity contribution in [2.24, 2.45) is 7.05 Å². The molecule has 0 N–H and O–H groups in total. The second-order valence-corrected chi connectivity index (χ2v) is 5.14. The third kappa shape index (κ3) is 2.45. The van der Waals surface area contributed by atoms with Gasteiger partial charge in [-0.2, -0.15) is 0 Å². The average Bonchev–Trinajstić information content (AvgIpc) is 2.45. The fourth-order valence-corrected chi connectivity index (χ4v) is 2.43. The summed E-state index contributed by atoms with van der Waals surface area (Å²) in [4.78, 5) is 38.7. The van der Waals surface area contributed by atoms with Crippen LogP contribution in [-0.2, 0) is 11.8 Å². The monoisotopic (exact) mass is 277 g/mol. The topological polar surface area (TPSA) is 62.6 Å². The third-order valence-corrected chi connectivity index (χ3v) is 3.83. The number of aryl methyl sites for hydroxylation is 2. The van der Waals surface area contributed by atoms with E-state index >= 15 is 0 Å². The van der Waals surface area contributed by atoms with Crippen molar-refractivity contribution >= 4 is 12.3 Å². The number of carbonyl (C=O) groups excluding carboxylic acids is 2. The molecule has 108 valence electrons. The van der Waals surface area contributed by atoms with Crippen LogP contribution in [0.3, 0.4) is 0 Å². The van der Waals surface area contributed by atoms with Crippen LogP contribution in [0, 0.1) is 13.8 Å². The zero-order valence-corrected chi connectivity index (χ0v) is 12.0. The summed E-state index contributed by atoms with van der Waals surface area (Å²) in [6, 6.07) is 1.84. The second-order valence-electron chi connectivity index (χ2n) is 5.14. The van der Waals surface area contributed by atoms with Crippen LogP contribution in [0.1, 0.15) is 21.6 Å². The van der Waals surface area contributed by atoms with E-state index in [9.17, 15) is 14.4 Å². The Morgan fingerprint density at radius 3 is 2.35 bits per heavy atom. The van der Waals surface area contributed by atoms with E-state index < -0.39 is 0 Å². The molecule has 0 unspecified atom stereocenters. The first-order valence-electron chi connectivity index (χ1n) is 6.61. The highest BCUT2D eigenvalue weighted by atomic mass is 16.2. The predicted molar refractivity (Wildman–Crippen MR) is 74.7 cm³/mol. The van der Waals surface area contributed by atoms with Gasteiger partial charge in [-0.25, -0.2) is 0 Å². The molecule has 1 saturated heterocycles. The Balaban J connectivity index is 2.29. The molecule has 1 fully saturated rings. The molecule has 0 aliphatic carbocycles. The molecule has 2 rings (SSSR count). The van der Waals surface area contributed by atoms with Crippen LogP contribution < -0.4 is 5.56 Å². The number of aromatic nitrogens is 1. The van der Waals surface area contributed by atoms with Crippen molar-refractivity contribution in [2.45, 2.75) is 13.8 Å². The number of hydrogen-bond acceptors (Lipinski definition) is 3. The SMILES string of the molecule is Cc1cc(C)n(C)c(=O)c1C(=O)N1CCN(C=O)CC1. The van der Waals surface area contributed by atoms with Crippen molar-refractivity contribution < 1.29 is 9.59 Å². The number of carbonyl (C=O) groups is 2. The van der Waals surface area contributed by atoms with Gasteiger partial charge in [0.2, 0.25) is 6.41 Å². The molecule has 6 heteroatoms. The van der Waals surface area contributed by atoms with E-state index in [-0.39, 0.29) is 17.0 Å². The van der Waals surface area contributed by atoms with Gasteiger partial charge in [-0.05, 0) is 25.5 Å². The lowest BCUT2D eigenvalue weighted by atomic mass is 10.1. The maximum atomic E-state index is 12.5. The molecule has 2 heterocycles. The molecule has 0 radical (unpaired) electrons. The molecule has 0 atom stereocenters. The standard InChI is InChI=1S/C14H19N3O3/c1-10-8-11(2)15(3)13(19)12(10)14(20)17-6-4-16(9-18)5-7-17/h8-9H,4-7H2,1-3H3. The van der Waals surface area contributed by atoms with Crippen molar-refractivity contribution in [3.8, 4) is 0 Å². The zero-order chi connectivity index (χ0) is 14.9. The lowest BCUT2D eigenvalue weighted by Gasteiger charge is -2.32. The van der Waals surface area contributed by atoms with Crippen molar-refractivity contribution in [2.75, 3.05) is 26.2 Å². The minimum Gasteiger partial charge on any atom is -0.342 e. The summed E-state index contributed by atoms with van der Waals surface area (Å²) in [5.74, 6) is -0.242. The molecule has 0 bridgehead atoms. The predicted octanol–water partition coefficient (Wildman–Crippen LogP) is -0.0837. The van der Waals surface area contributed by atoms with Crippen molar-refractivity contribution in [3.05, 3.63) is 33.2 Å². The van der Waals surface area contributed by atoms with Gasteiger partial charge < -0.3 is 14.4 Å². The van der Waals surface area contributed by atoms with Crippen molar-refractivity contribution in [3.63, 3.8) is 0 Å². The highest BCUT2D eigenvalue weighted by Crippen LogP contribution is 2.10. The van der Waals surface area contributed by atoms with Crippen molar-refractivity contribution in [1.29, 1.82) is 0 Å². The molecule has 0 saturated carbocycles. The van der Waals surface area contributed by atoms with Crippen LogP contribution >= 0.6 is 0 Å². The van der Waals surface area contributed by atoms with Gasteiger partial charge in [0.05, 0.1) is 0 Å². The quantitative estimate of drug-likeness (QED) is 0.710. The Kier molecular flexibility index (Phi) is 3.92. The Labute approximate surface area is 117 Å². The molecule has 0 spiro atoms. The van der Waals surface area contributed by atoms with Gasteiger partial charge in [0.15, 0.2) is 0 Å². The summed E-state index contributed by atoms with van der Waals surface area (Å²) in [5, 5.41) is 0.